The molecule has 0 fully saturated rings. The topological polar surface area (TPSA) is 80.5 Å². The molecule has 0 bridgehead atoms. The quantitative estimate of drug-likeness (QED) is 0.174. The normalized spacial score (nSPS) is 11.7. The highest BCUT2D eigenvalue weighted by Crippen LogP contribution is 2.48. The van der Waals surface area contributed by atoms with Crippen molar-refractivity contribution < 1.29 is 4.42 Å². The highest BCUT2D eigenvalue weighted by Gasteiger charge is 2.26. The second kappa shape index (κ2) is 13.1. The van der Waals surface area contributed by atoms with Gasteiger partial charge in [0.1, 0.15) is 11.2 Å². The van der Waals surface area contributed by atoms with E-state index in [4.69, 9.17) is 19.4 Å². The summed E-state index contributed by atoms with van der Waals surface area (Å²) in [5, 5.41) is 16.5. The van der Waals surface area contributed by atoms with Crippen LogP contribution in [0.5, 0.6) is 0 Å². The Morgan fingerprint density at radius 2 is 1.00 bits per heavy atom. The van der Waals surface area contributed by atoms with Gasteiger partial charge in [0, 0.05) is 52.8 Å². The van der Waals surface area contributed by atoms with Gasteiger partial charge in [-0.2, -0.15) is 5.26 Å². The Hall–Kier alpha value is -7.92. The largest absolute Gasteiger partial charge is 0.456 e. The SMILES string of the molecule is N#Cc1cccc2sc3cccc(-c4cccc5oc6ccc(-n7c8ccccc8c8ccccc87)c(-c7nc(-c8ccccc8)nc(-c8ccccc8)n7)c6c45)c3c12. The molecule has 59 heavy (non-hydrogen) atoms. The van der Waals surface area contributed by atoms with Gasteiger partial charge < -0.3 is 8.98 Å². The molecule has 0 aliphatic heterocycles. The minimum Gasteiger partial charge on any atom is -0.456 e. The zero-order chi connectivity index (χ0) is 39.0. The van der Waals surface area contributed by atoms with Crippen molar-refractivity contribution in [2.45, 2.75) is 0 Å². The summed E-state index contributed by atoms with van der Waals surface area (Å²) in [4.78, 5) is 15.8. The molecule has 12 aromatic rings. The van der Waals surface area contributed by atoms with Gasteiger partial charge in [-0.05, 0) is 59.7 Å². The summed E-state index contributed by atoms with van der Waals surface area (Å²) >= 11 is 1.71. The molecule has 274 valence electrons. The van der Waals surface area contributed by atoms with Crippen LogP contribution in [-0.2, 0) is 0 Å². The summed E-state index contributed by atoms with van der Waals surface area (Å²) in [6.45, 7) is 0. The monoisotopic (exact) mass is 771 g/mol. The van der Waals surface area contributed by atoms with Crippen molar-refractivity contribution in [3.63, 3.8) is 0 Å². The van der Waals surface area contributed by atoms with E-state index in [1.165, 1.54) is 0 Å². The lowest BCUT2D eigenvalue weighted by Crippen LogP contribution is -2.04. The first-order valence-corrected chi connectivity index (χ1v) is 20.2. The number of para-hydroxylation sites is 2. The molecule has 0 aliphatic carbocycles. The molecular weight excluding hydrogens is 743 g/mol. The third kappa shape index (κ3) is 5.07. The summed E-state index contributed by atoms with van der Waals surface area (Å²) in [5.74, 6) is 1.68. The average Bonchev–Trinajstić information content (AvgIpc) is 3.99. The maximum Gasteiger partial charge on any atom is 0.166 e. The smallest absolute Gasteiger partial charge is 0.166 e. The Morgan fingerprint density at radius 3 is 1.66 bits per heavy atom. The van der Waals surface area contributed by atoms with Crippen LogP contribution in [-0.4, -0.2) is 19.5 Å². The number of benzene rings is 8. The van der Waals surface area contributed by atoms with Gasteiger partial charge in [0.05, 0.1) is 33.9 Å². The van der Waals surface area contributed by atoms with E-state index in [0.29, 0.717) is 23.0 Å². The van der Waals surface area contributed by atoms with Gasteiger partial charge in [-0.1, -0.05) is 127 Å². The molecule has 7 heteroatoms. The molecule has 0 saturated heterocycles. The number of hydrogen-bond donors (Lipinski definition) is 0. The lowest BCUT2D eigenvalue weighted by Gasteiger charge is -2.16. The van der Waals surface area contributed by atoms with E-state index in [-0.39, 0.29) is 0 Å². The number of hydrogen-bond acceptors (Lipinski definition) is 6. The van der Waals surface area contributed by atoms with Crippen LogP contribution in [0.25, 0.3) is 115 Å². The van der Waals surface area contributed by atoms with Crippen LogP contribution >= 0.6 is 11.3 Å². The number of aromatic nitrogens is 4. The van der Waals surface area contributed by atoms with E-state index >= 15 is 0 Å². The van der Waals surface area contributed by atoms with Gasteiger partial charge in [-0.15, -0.1) is 11.3 Å². The number of thiophene rings is 1. The Kier molecular flexibility index (Phi) is 7.36. The maximum atomic E-state index is 10.3. The molecule has 0 aliphatic rings. The van der Waals surface area contributed by atoms with Crippen LogP contribution in [0, 0.1) is 11.3 Å². The average molecular weight is 772 g/mol. The van der Waals surface area contributed by atoms with Crippen LogP contribution < -0.4 is 0 Å². The molecule has 0 unspecified atom stereocenters. The summed E-state index contributed by atoms with van der Waals surface area (Å²) in [5.41, 5.74) is 9.83. The first-order chi connectivity index (χ1) is 29.2. The van der Waals surface area contributed by atoms with Crippen LogP contribution in [0.3, 0.4) is 0 Å². The second-order valence-corrected chi connectivity index (χ2v) is 15.7. The van der Waals surface area contributed by atoms with Crippen molar-refractivity contribution in [1.82, 2.24) is 19.5 Å². The fourth-order valence-electron chi connectivity index (χ4n) is 8.82. The molecular formula is C52H29N5OS. The summed E-state index contributed by atoms with van der Waals surface area (Å²) in [7, 11) is 0. The van der Waals surface area contributed by atoms with Crippen LogP contribution in [0.4, 0.5) is 0 Å². The predicted molar refractivity (Wildman–Crippen MR) is 241 cm³/mol. The number of nitriles is 1. The Bertz CT molecular complexity index is 3580. The fourth-order valence-corrected chi connectivity index (χ4v) is 9.98. The van der Waals surface area contributed by atoms with E-state index < -0.39 is 0 Å². The first kappa shape index (κ1) is 33.2. The standard InChI is InChI=1S/C52H29N5OS/c53-30-33-18-11-26-43-45(33)47-37(22-13-27-44(47)59-43)36-21-12-25-41-46(36)49-42(58-41)29-28-40(57-38-23-9-7-19-34(38)35-20-8-10-24-39(35)57)48(49)52-55-50(31-14-3-1-4-15-31)54-51(56-52)32-16-5-2-6-17-32/h1-29H. The van der Waals surface area contributed by atoms with Crippen molar-refractivity contribution >= 4 is 75.3 Å². The lowest BCUT2D eigenvalue weighted by atomic mass is 9.93. The molecule has 0 N–H and O–H groups in total. The predicted octanol–water partition coefficient (Wildman–Crippen LogP) is 13.8. The molecule has 8 aromatic carbocycles. The molecule has 0 saturated carbocycles. The van der Waals surface area contributed by atoms with Gasteiger partial charge in [-0.3, -0.25) is 0 Å². The van der Waals surface area contributed by atoms with E-state index in [2.05, 4.69) is 108 Å². The van der Waals surface area contributed by atoms with E-state index in [0.717, 1.165) is 97.4 Å². The molecule has 4 heterocycles. The van der Waals surface area contributed by atoms with Gasteiger partial charge in [0.25, 0.3) is 0 Å². The third-order valence-electron chi connectivity index (χ3n) is 11.3. The molecule has 0 spiro atoms. The summed E-state index contributed by atoms with van der Waals surface area (Å²) in [6, 6.07) is 62.6. The molecule has 4 aromatic heterocycles. The first-order valence-electron chi connectivity index (χ1n) is 19.4. The zero-order valence-corrected chi connectivity index (χ0v) is 32.1. The highest BCUT2D eigenvalue weighted by molar-refractivity contribution is 7.26. The summed E-state index contributed by atoms with van der Waals surface area (Å²) in [6.07, 6.45) is 0. The van der Waals surface area contributed by atoms with Crippen LogP contribution in [0.15, 0.2) is 180 Å². The second-order valence-electron chi connectivity index (χ2n) is 14.6. The Morgan fingerprint density at radius 1 is 0.458 bits per heavy atom. The summed E-state index contributed by atoms with van der Waals surface area (Å²) < 4.78 is 11.4. The Balaban J connectivity index is 1.27. The van der Waals surface area contributed by atoms with E-state index in [1.807, 2.05) is 78.9 Å². The lowest BCUT2D eigenvalue weighted by molar-refractivity contribution is 0.669. The van der Waals surface area contributed by atoms with Crippen molar-refractivity contribution in [3.05, 3.63) is 181 Å². The molecule has 6 nitrogen and oxygen atoms in total. The number of furan rings is 1. The molecule has 0 atom stereocenters. The number of nitrogens with zero attached hydrogens (tertiary/aromatic N) is 5. The molecule has 0 amide bonds. The minimum absolute atomic E-state index is 0.531. The Labute approximate surface area is 341 Å². The molecule has 12 rings (SSSR count). The zero-order valence-electron chi connectivity index (χ0n) is 31.3. The van der Waals surface area contributed by atoms with Gasteiger partial charge in [0.15, 0.2) is 17.5 Å². The highest BCUT2D eigenvalue weighted by atomic mass is 32.1. The van der Waals surface area contributed by atoms with Gasteiger partial charge in [-0.25, -0.2) is 15.0 Å². The van der Waals surface area contributed by atoms with Gasteiger partial charge in [0.2, 0.25) is 0 Å². The number of fused-ring (bicyclic) bond motifs is 9. The van der Waals surface area contributed by atoms with Crippen molar-refractivity contribution in [2.24, 2.45) is 0 Å². The van der Waals surface area contributed by atoms with E-state index in [1.54, 1.807) is 11.3 Å². The number of rotatable bonds is 5. The van der Waals surface area contributed by atoms with Crippen LogP contribution in [0.2, 0.25) is 0 Å². The van der Waals surface area contributed by atoms with Crippen LogP contribution in [0.1, 0.15) is 5.56 Å². The van der Waals surface area contributed by atoms with Crippen molar-refractivity contribution in [1.29, 1.82) is 5.26 Å². The maximum absolute atomic E-state index is 10.3. The van der Waals surface area contributed by atoms with Gasteiger partial charge >= 0.3 is 0 Å². The van der Waals surface area contributed by atoms with E-state index in [9.17, 15) is 5.26 Å². The fraction of sp³-hybridized carbons (Fsp3) is 0. The van der Waals surface area contributed by atoms with Crippen molar-refractivity contribution in [2.75, 3.05) is 0 Å². The third-order valence-corrected chi connectivity index (χ3v) is 12.4. The molecule has 0 radical (unpaired) electrons. The van der Waals surface area contributed by atoms with Crippen molar-refractivity contribution in [3.8, 4) is 57.0 Å². The minimum atomic E-state index is 0.531.